The zero-order chi connectivity index (χ0) is 27.4. The zero-order valence-corrected chi connectivity index (χ0v) is 26.8. The molecule has 1 fully saturated rings. The van der Waals surface area contributed by atoms with Crippen LogP contribution in [-0.4, -0.2) is 29.2 Å². The Kier molecular flexibility index (Phi) is 9.80. The molecule has 198 valence electrons. The highest BCUT2D eigenvalue weighted by Crippen LogP contribution is 2.35. The number of hydrogen-bond donors (Lipinski definition) is 0. The fourth-order valence-electron chi connectivity index (χ4n) is 4.09. The number of imide groups is 1. The Morgan fingerprint density at radius 3 is 2.34 bits per heavy atom. The molecule has 0 aliphatic carbocycles. The second-order valence-corrected chi connectivity index (χ2v) is 12.8. The Hall–Kier alpha value is -2.05. The van der Waals surface area contributed by atoms with Crippen LogP contribution in [0.25, 0.3) is 6.08 Å². The number of amides is 2. The van der Waals surface area contributed by atoms with Crippen LogP contribution in [0.2, 0.25) is 0 Å². The molecule has 0 atom stereocenters. The topological polar surface area (TPSA) is 55.8 Å². The van der Waals surface area contributed by atoms with Gasteiger partial charge in [0.25, 0.3) is 11.1 Å². The molecule has 8 heteroatoms. The molecule has 3 aromatic rings. The molecular formula is C30H29I2NO4S. The first-order chi connectivity index (χ1) is 18.1. The molecule has 1 aliphatic heterocycles. The van der Waals surface area contributed by atoms with Crippen molar-refractivity contribution in [2.75, 3.05) is 13.2 Å². The van der Waals surface area contributed by atoms with Crippen molar-refractivity contribution in [2.45, 2.75) is 40.2 Å². The standard InChI is InChI=1S/C30H29I2NO4S/c1-18(2)23-9-8-20(4)13-26(23)36-11-10-33-29(34)27(38-30(33)35)16-22-14-24(31)28(25(32)15-22)37-17-21-7-5-6-19(3)12-21/h5-9,12-16,18H,10-11,17H2,1-4H3/b27-16-. The molecule has 1 heterocycles. The number of carbonyl (C=O) groups excluding carboxylic acids is 2. The molecule has 0 bridgehead atoms. The number of aryl methyl sites for hydroxylation is 2. The average molecular weight is 753 g/mol. The van der Waals surface area contributed by atoms with Crippen molar-refractivity contribution in [1.82, 2.24) is 4.90 Å². The third-order valence-corrected chi connectivity index (χ3v) is 8.53. The molecule has 0 aromatic heterocycles. The fraction of sp³-hybridized carbons (Fsp3) is 0.267. The zero-order valence-electron chi connectivity index (χ0n) is 21.7. The molecular weight excluding hydrogens is 724 g/mol. The van der Waals surface area contributed by atoms with E-state index in [4.69, 9.17) is 9.47 Å². The second-order valence-electron chi connectivity index (χ2n) is 9.47. The maximum Gasteiger partial charge on any atom is 0.293 e. The average Bonchev–Trinajstić information content (AvgIpc) is 3.10. The van der Waals surface area contributed by atoms with Crippen molar-refractivity contribution in [3.8, 4) is 11.5 Å². The first-order valence-corrected chi connectivity index (χ1v) is 15.3. The lowest BCUT2D eigenvalue weighted by Crippen LogP contribution is -2.32. The minimum Gasteiger partial charge on any atom is -0.491 e. The van der Waals surface area contributed by atoms with Gasteiger partial charge in [0, 0.05) is 0 Å². The number of nitrogens with zero attached hydrogens (tertiary/aromatic N) is 1. The Labute approximate surface area is 255 Å². The van der Waals surface area contributed by atoms with Gasteiger partial charge in [-0.2, -0.15) is 0 Å². The van der Waals surface area contributed by atoms with Crippen LogP contribution in [0.5, 0.6) is 11.5 Å². The van der Waals surface area contributed by atoms with Crippen molar-refractivity contribution < 1.29 is 19.1 Å². The summed E-state index contributed by atoms with van der Waals surface area (Å²) in [6, 6.07) is 18.3. The summed E-state index contributed by atoms with van der Waals surface area (Å²) in [5.74, 6) is 1.64. The van der Waals surface area contributed by atoms with Gasteiger partial charge in [-0.05, 0) is 123 Å². The number of carbonyl (C=O) groups is 2. The molecule has 0 unspecified atom stereocenters. The molecule has 0 saturated carbocycles. The molecule has 1 aliphatic rings. The molecule has 38 heavy (non-hydrogen) atoms. The van der Waals surface area contributed by atoms with Crippen molar-refractivity contribution in [3.63, 3.8) is 0 Å². The predicted octanol–water partition coefficient (Wildman–Crippen LogP) is 8.33. The van der Waals surface area contributed by atoms with E-state index in [9.17, 15) is 9.59 Å². The summed E-state index contributed by atoms with van der Waals surface area (Å²) in [5.41, 5.74) is 5.38. The third kappa shape index (κ3) is 7.12. The number of rotatable bonds is 9. The van der Waals surface area contributed by atoms with Crippen molar-refractivity contribution in [1.29, 1.82) is 0 Å². The van der Waals surface area contributed by atoms with Crippen molar-refractivity contribution in [2.24, 2.45) is 0 Å². The van der Waals surface area contributed by atoms with Gasteiger partial charge in [-0.3, -0.25) is 14.5 Å². The predicted molar refractivity (Wildman–Crippen MR) is 171 cm³/mol. The van der Waals surface area contributed by atoms with E-state index in [2.05, 4.69) is 90.2 Å². The van der Waals surface area contributed by atoms with Gasteiger partial charge < -0.3 is 9.47 Å². The lowest BCUT2D eigenvalue weighted by atomic mass is 10.0. The second kappa shape index (κ2) is 12.9. The molecule has 2 amide bonds. The SMILES string of the molecule is Cc1cccc(COc2c(I)cc(/C=C3\SC(=O)N(CCOc4cc(C)ccc4C(C)C)C3=O)cc2I)c1. The van der Waals surface area contributed by atoms with Crippen LogP contribution in [0.4, 0.5) is 4.79 Å². The number of thioether (sulfide) groups is 1. The van der Waals surface area contributed by atoms with Crippen LogP contribution in [0.1, 0.15) is 47.6 Å². The number of benzene rings is 3. The monoisotopic (exact) mass is 753 g/mol. The van der Waals surface area contributed by atoms with E-state index in [0.717, 1.165) is 52.7 Å². The van der Waals surface area contributed by atoms with Gasteiger partial charge in [-0.25, -0.2) is 0 Å². The van der Waals surface area contributed by atoms with E-state index in [1.807, 2.05) is 37.3 Å². The Morgan fingerprint density at radius 1 is 0.947 bits per heavy atom. The number of halogens is 2. The van der Waals surface area contributed by atoms with Crippen LogP contribution in [0.3, 0.4) is 0 Å². The highest BCUT2D eigenvalue weighted by molar-refractivity contribution is 14.1. The van der Waals surface area contributed by atoms with E-state index in [0.29, 0.717) is 17.4 Å². The van der Waals surface area contributed by atoms with Crippen molar-refractivity contribution >= 4 is 74.2 Å². The minimum atomic E-state index is -0.290. The summed E-state index contributed by atoms with van der Waals surface area (Å²) < 4.78 is 14.0. The number of ether oxygens (including phenoxy) is 2. The Balaban J connectivity index is 1.41. The van der Waals surface area contributed by atoms with Gasteiger partial charge in [0.05, 0.1) is 18.6 Å². The molecule has 0 radical (unpaired) electrons. The minimum absolute atomic E-state index is 0.203. The van der Waals surface area contributed by atoms with Crippen molar-refractivity contribution in [3.05, 3.63) is 94.5 Å². The van der Waals surface area contributed by atoms with Crippen LogP contribution in [0.15, 0.2) is 59.5 Å². The van der Waals surface area contributed by atoms with E-state index in [1.165, 1.54) is 10.5 Å². The van der Waals surface area contributed by atoms with Gasteiger partial charge in [0.15, 0.2) is 0 Å². The van der Waals surface area contributed by atoms with Gasteiger partial charge in [0.1, 0.15) is 24.7 Å². The molecule has 0 N–H and O–H groups in total. The van der Waals surface area contributed by atoms with E-state index < -0.39 is 0 Å². The molecule has 3 aromatic carbocycles. The lowest BCUT2D eigenvalue weighted by molar-refractivity contribution is -0.123. The highest BCUT2D eigenvalue weighted by Gasteiger charge is 2.35. The van der Waals surface area contributed by atoms with Crippen LogP contribution >= 0.6 is 56.9 Å². The molecule has 4 rings (SSSR count). The summed E-state index contributed by atoms with van der Waals surface area (Å²) in [6.45, 7) is 9.24. The molecule has 0 spiro atoms. The summed E-state index contributed by atoms with van der Waals surface area (Å²) in [4.78, 5) is 27.4. The quantitative estimate of drug-likeness (QED) is 0.163. The highest BCUT2D eigenvalue weighted by atomic mass is 127. The van der Waals surface area contributed by atoms with Crippen LogP contribution in [0, 0.1) is 21.0 Å². The van der Waals surface area contributed by atoms with Gasteiger partial charge in [-0.15, -0.1) is 0 Å². The first kappa shape index (κ1) is 28.9. The lowest BCUT2D eigenvalue weighted by Gasteiger charge is -2.17. The van der Waals surface area contributed by atoms with E-state index in [-0.39, 0.29) is 24.3 Å². The summed E-state index contributed by atoms with van der Waals surface area (Å²) >= 11 is 5.46. The third-order valence-electron chi connectivity index (χ3n) is 6.02. The fourth-order valence-corrected chi connectivity index (χ4v) is 7.09. The van der Waals surface area contributed by atoms with E-state index in [1.54, 1.807) is 6.08 Å². The maximum atomic E-state index is 13.0. The van der Waals surface area contributed by atoms with E-state index >= 15 is 0 Å². The normalized spacial score (nSPS) is 14.6. The van der Waals surface area contributed by atoms with Gasteiger partial charge >= 0.3 is 0 Å². The Morgan fingerprint density at radius 2 is 1.66 bits per heavy atom. The smallest absolute Gasteiger partial charge is 0.293 e. The molecule has 5 nitrogen and oxygen atoms in total. The van der Waals surface area contributed by atoms with Gasteiger partial charge in [-0.1, -0.05) is 55.8 Å². The van der Waals surface area contributed by atoms with Gasteiger partial charge in [0.2, 0.25) is 0 Å². The summed E-state index contributed by atoms with van der Waals surface area (Å²) in [7, 11) is 0. The first-order valence-electron chi connectivity index (χ1n) is 12.3. The van der Waals surface area contributed by atoms with Crippen LogP contribution in [-0.2, 0) is 11.4 Å². The van der Waals surface area contributed by atoms with Crippen LogP contribution < -0.4 is 9.47 Å². The molecule has 1 saturated heterocycles. The number of hydrogen-bond acceptors (Lipinski definition) is 5. The summed E-state index contributed by atoms with van der Waals surface area (Å²) in [6.07, 6.45) is 1.78. The largest absolute Gasteiger partial charge is 0.491 e. The summed E-state index contributed by atoms with van der Waals surface area (Å²) in [5, 5.41) is -0.277. The maximum absolute atomic E-state index is 13.0. The Bertz CT molecular complexity index is 1380.